The average molecular weight is 311 g/mol. The molecule has 0 radical (unpaired) electrons. The quantitative estimate of drug-likeness (QED) is 0.583. The number of halogens is 1. The van der Waals surface area contributed by atoms with Gasteiger partial charge in [-0.1, -0.05) is 15.9 Å². The van der Waals surface area contributed by atoms with E-state index in [4.69, 9.17) is 10.6 Å². The van der Waals surface area contributed by atoms with E-state index in [-0.39, 0.29) is 12.0 Å². The van der Waals surface area contributed by atoms with Gasteiger partial charge < -0.3 is 10.1 Å². The van der Waals surface area contributed by atoms with Crippen LogP contribution in [0.2, 0.25) is 0 Å². The molecule has 94 valence electrons. The zero-order chi connectivity index (χ0) is 13.0. The highest BCUT2D eigenvalue weighted by molar-refractivity contribution is 9.10. The molecule has 2 aromatic rings. The Labute approximate surface area is 112 Å². The number of methoxy groups -OCH3 is 1. The number of anilines is 3. The number of hydrogen-bond donors (Lipinski definition) is 3. The third-order valence-electron chi connectivity index (χ3n) is 2.03. The van der Waals surface area contributed by atoms with E-state index < -0.39 is 0 Å². The highest BCUT2D eigenvalue weighted by Gasteiger charge is 2.05. The van der Waals surface area contributed by atoms with Crippen LogP contribution in [-0.2, 0) is 0 Å². The van der Waals surface area contributed by atoms with Gasteiger partial charge in [-0.05, 0) is 24.3 Å². The molecule has 0 unspecified atom stereocenters. The van der Waals surface area contributed by atoms with Crippen molar-refractivity contribution in [1.82, 2.24) is 15.0 Å². The lowest BCUT2D eigenvalue weighted by Gasteiger charge is -2.07. The number of aromatic nitrogens is 3. The standard InChI is InChI=1S/C10H11BrN6O/c1-18-10-15-8(14-9(16-10)17-12)13-7-4-2-6(11)3-5-7/h2-5H,12H2,1H3,(H2,13,14,15,16,17). The first-order valence-corrected chi connectivity index (χ1v) is 5.80. The van der Waals surface area contributed by atoms with E-state index in [0.29, 0.717) is 5.95 Å². The second kappa shape index (κ2) is 5.61. The summed E-state index contributed by atoms with van der Waals surface area (Å²) in [5.74, 6) is 5.83. The Bertz CT molecular complexity index is 510. The number of nitrogens with two attached hydrogens (primary N) is 1. The number of nitrogen functional groups attached to an aromatic ring is 1. The molecule has 0 bridgehead atoms. The van der Waals surface area contributed by atoms with Gasteiger partial charge in [-0.25, -0.2) is 5.84 Å². The van der Waals surface area contributed by atoms with Gasteiger partial charge in [0.2, 0.25) is 11.9 Å². The number of hydrogen-bond acceptors (Lipinski definition) is 7. The Hall–Kier alpha value is -1.93. The molecule has 0 atom stereocenters. The Morgan fingerprint density at radius 2 is 1.78 bits per heavy atom. The van der Waals surface area contributed by atoms with Crippen LogP contribution in [0, 0.1) is 0 Å². The van der Waals surface area contributed by atoms with Crippen molar-refractivity contribution in [3.8, 4) is 6.01 Å². The van der Waals surface area contributed by atoms with Crippen LogP contribution in [0.5, 0.6) is 6.01 Å². The van der Waals surface area contributed by atoms with Gasteiger partial charge in [0.15, 0.2) is 0 Å². The van der Waals surface area contributed by atoms with Crippen molar-refractivity contribution >= 4 is 33.5 Å². The van der Waals surface area contributed by atoms with E-state index >= 15 is 0 Å². The van der Waals surface area contributed by atoms with Crippen molar-refractivity contribution in [3.63, 3.8) is 0 Å². The van der Waals surface area contributed by atoms with Crippen LogP contribution >= 0.6 is 15.9 Å². The molecular formula is C10H11BrN6O. The Kier molecular flexibility index (Phi) is 3.90. The van der Waals surface area contributed by atoms with E-state index in [2.05, 4.69) is 41.6 Å². The van der Waals surface area contributed by atoms with Crippen molar-refractivity contribution < 1.29 is 4.74 Å². The van der Waals surface area contributed by atoms with Gasteiger partial charge in [-0.2, -0.15) is 15.0 Å². The Morgan fingerprint density at radius 1 is 1.11 bits per heavy atom. The number of benzene rings is 1. The number of nitrogens with one attached hydrogen (secondary N) is 2. The Balaban J connectivity index is 2.25. The lowest BCUT2D eigenvalue weighted by Crippen LogP contribution is -2.13. The van der Waals surface area contributed by atoms with Gasteiger partial charge >= 0.3 is 6.01 Å². The van der Waals surface area contributed by atoms with Gasteiger partial charge in [-0.15, -0.1) is 0 Å². The summed E-state index contributed by atoms with van der Waals surface area (Å²) in [6.45, 7) is 0. The summed E-state index contributed by atoms with van der Waals surface area (Å²) in [4.78, 5) is 12.0. The summed E-state index contributed by atoms with van der Waals surface area (Å²) in [7, 11) is 1.47. The highest BCUT2D eigenvalue weighted by atomic mass is 79.9. The maximum atomic E-state index is 5.26. The Morgan fingerprint density at radius 3 is 2.39 bits per heavy atom. The van der Waals surface area contributed by atoms with Crippen LogP contribution < -0.4 is 21.3 Å². The minimum absolute atomic E-state index is 0.178. The summed E-state index contributed by atoms with van der Waals surface area (Å²) < 4.78 is 5.94. The second-order valence-electron chi connectivity index (χ2n) is 3.25. The minimum Gasteiger partial charge on any atom is -0.467 e. The maximum Gasteiger partial charge on any atom is 0.322 e. The molecule has 1 aromatic carbocycles. The number of ether oxygens (including phenoxy) is 1. The first-order valence-electron chi connectivity index (χ1n) is 5.00. The minimum atomic E-state index is 0.178. The molecule has 18 heavy (non-hydrogen) atoms. The summed E-state index contributed by atoms with van der Waals surface area (Å²) in [6, 6.07) is 7.76. The molecule has 0 aliphatic heterocycles. The molecular weight excluding hydrogens is 300 g/mol. The van der Waals surface area contributed by atoms with Gasteiger partial charge in [0.05, 0.1) is 7.11 Å². The van der Waals surface area contributed by atoms with Crippen LogP contribution in [0.15, 0.2) is 28.7 Å². The number of hydrazine groups is 1. The fourth-order valence-corrected chi connectivity index (χ4v) is 1.49. The molecule has 0 fully saturated rings. The lowest BCUT2D eigenvalue weighted by atomic mass is 10.3. The molecule has 0 aliphatic rings. The molecule has 8 heteroatoms. The molecule has 1 heterocycles. The fraction of sp³-hybridized carbons (Fsp3) is 0.100. The SMILES string of the molecule is COc1nc(NN)nc(Nc2ccc(Br)cc2)n1. The van der Waals surface area contributed by atoms with Gasteiger partial charge in [0, 0.05) is 10.2 Å². The third-order valence-corrected chi connectivity index (χ3v) is 2.56. The first-order chi connectivity index (χ1) is 8.71. The molecule has 7 nitrogen and oxygen atoms in total. The van der Waals surface area contributed by atoms with E-state index in [1.165, 1.54) is 7.11 Å². The molecule has 0 aliphatic carbocycles. The van der Waals surface area contributed by atoms with Crippen LogP contribution in [-0.4, -0.2) is 22.1 Å². The second-order valence-corrected chi connectivity index (χ2v) is 4.16. The number of rotatable bonds is 4. The predicted octanol–water partition coefficient (Wildman–Crippen LogP) is 1.67. The molecule has 1 aromatic heterocycles. The largest absolute Gasteiger partial charge is 0.467 e. The van der Waals surface area contributed by atoms with E-state index in [1.807, 2.05) is 24.3 Å². The monoisotopic (exact) mass is 310 g/mol. The van der Waals surface area contributed by atoms with Gasteiger partial charge in [0.25, 0.3) is 0 Å². The molecule has 2 rings (SSSR count). The summed E-state index contributed by atoms with van der Waals surface area (Å²) in [5, 5.41) is 3.02. The zero-order valence-electron chi connectivity index (χ0n) is 9.51. The van der Waals surface area contributed by atoms with Crippen LogP contribution in [0.4, 0.5) is 17.6 Å². The topological polar surface area (TPSA) is 98.0 Å². The maximum absolute atomic E-state index is 5.26. The van der Waals surface area contributed by atoms with Crippen molar-refractivity contribution in [1.29, 1.82) is 0 Å². The van der Waals surface area contributed by atoms with E-state index in [1.54, 1.807) is 0 Å². The van der Waals surface area contributed by atoms with Crippen LogP contribution in [0.25, 0.3) is 0 Å². The van der Waals surface area contributed by atoms with Gasteiger partial charge in [-0.3, -0.25) is 5.43 Å². The summed E-state index contributed by atoms with van der Waals surface area (Å²) in [5.41, 5.74) is 3.19. The predicted molar refractivity (Wildman–Crippen MR) is 71.6 cm³/mol. The van der Waals surface area contributed by atoms with E-state index in [0.717, 1.165) is 10.2 Å². The summed E-state index contributed by atoms with van der Waals surface area (Å²) in [6.07, 6.45) is 0. The third kappa shape index (κ3) is 3.05. The molecule has 0 spiro atoms. The smallest absolute Gasteiger partial charge is 0.322 e. The molecule has 0 amide bonds. The lowest BCUT2D eigenvalue weighted by molar-refractivity contribution is 0.379. The van der Waals surface area contributed by atoms with Gasteiger partial charge in [0.1, 0.15) is 0 Å². The normalized spacial score (nSPS) is 9.94. The van der Waals surface area contributed by atoms with Crippen molar-refractivity contribution in [2.45, 2.75) is 0 Å². The fourth-order valence-electron chi connectivity index (χ4n) is 1.23. The van der Waals surface area contributed by atoms with Crippen LogP contribution in [0.3, 0.4) is 0 Å². The molecule has 4 N–H and O–H groups in total. The molecule has 0 saturated carbocycles. The van der Waals surface area contributed by atoms with E-state index in [9.17, 15) is 0 Å². The average Bonchev–Trinajstić information content (AvgIpc) is 2.41. The van der Waals surface area contributed by atoms with Crippen molar-refractivity contribution in [2.75, 3.05) is 17.9 Å². The summed E-state index contributed by atoms with van der Waals surface area (Å²) >= 11 is 3.36. The highest BCUT2D eigenvalue weighted by Crippen LogP contribution is 2.18. The first kappa shape index (κ1) is 12.5. The number of nitrogens with zero attached hydrogens (tertiary/aromatic N) is 3. The molecule has 0 saturated heterocycles. The van der Waals surface area contributed by atoms with Crippen molar-refractivity contribution in [3.05, 3.63) is 28.7 Å². The zero-order valence-corrected chi connectivity index (χ0v) is 11.1. The van der Waals surface area contributed by atoms with Crippen LogP contribution in [0.1, 0.15) is 0 Å². The van der Waals surface area contributed by atoms with Crippen molar-refractivity contribution in [2.24, 2.45) is 5.84 Å².